The first-order valence-corrected chi connectivity index (χ1v) is 12.0. The van der Waals surface area contributed by atoms with Gasteiger partial charge in [-0.2, -0.15) is 5.10 Å². The van der Waals surface area contributed by atoms with Gasteiger partial charge in [0.05, 0.1) is 5.69 Å². The highest BCUT2D eigenvalue weighted by atomic mass is 16.4. The van der Waals surface area contributed by atoms with Gasteiger partial charge in [0.1, 0.15) is 12.3 Å². The van der Waals surface area contributed by atoms with Crippen LogP contribution in [0.2, 0.25) is 0 Å². The molecule has 1 saturated heterocycles. The number of rotatable bonds is 6. The fourth-order valence-electron chi connectivity index (χ4n) is 5.21. The van der Waals surface area contributed by atoms with E-state index in [2.05, 4.69) is 11.4 Å². The number of aromatic nitrogens is 2. The fraction of sp³-hybridized carbons (Fsp3) is 0.560. The number of carbonyl (C=O) groups excluding carboxylic acids is 2. The number of likely N-dealkylation sites (tertiary alicyclic amines) is 1. The van der Waals surface area contributed by atoms with Crippen LogP contribution in [0, 0.1) is 6.92 Å². The van der Waals surface area contributed by atoms with Crippen molar-refractivity contribution in [2.24, 2.45) is 0 Å². The van der Waals surface area contributed by atoms with Crippen molar-refractivity contribution in [3.63, 3.8) is 0 Å². The van der Waals surface area contributed by atoms with Crippen molar-refractivity contribution >= 4 is 11.8 Å². The van der Waals surface area contributed by atoms with Gasteiger partial charge in [-0.25, -0.2) is 0 Å². The summed E-state index contributed by atoms with van der Waals surface area (Å²) in [6.45, 7) is 4.44. The number of furan rings is 1. The molecule has 2 aromatic rings. The minimum atomic E-state index is -0.0182. The summed E-state index contributed by atoms with van der Waals surface area (Å²) in [6.07, 6.45) is 13.8. The average Bonchev–Trinajstić information content (AvgIpc) is 3.52. The second kappa shape index (κ2) is 8.96. The zero-order valence-corrected chi connectivity index (χ0v) is 18.9. The first-order valence-electron chi connectivity index (χ1n) is 12.0. The lowest BCUT2D eigenvalue weighted by molar-refractivity contribution is -0.121. The Hall–Kier alpha value is -2.83. The summed E-state index contributed by atoms with van der Waals surface area (Å²) in [7, 11) is 0. The van der Waals surface area contributed by atoms with Crippen molar-refractivity contribution in [1.82, 2.24) is 20.0 Å². The maximum atomic E-state index is 12.9. The number of aryl methyl sites for hydroxylation is 2. The highest BCUT2D eigenvalue weighted by Crippen LogP contribution is 2.38. The predicted molar refractivity (Wildman–Crippen MR) is 121 cm³/mol. The minimum absolute atomic E-state index is 0.0113. The highest BCUT2D eigenvalue weighted by Gasteiger charge is 2.32. The summed E-state index contributed by atoms with van der Waals surface area (Å²) in [5, 5.41) is 7.75. The highest BCUT2D eigenvalue weighted by molar-refractivity contribution is 5.95. The van der Waals surface area contributed by atoms with Crippen LogP contribution in [0.5, 0.6) is 0 Å². The lowest BCUT2D eigenvalue weighted by Gasteiger charge is -2.13. The standard InChI is InChI=1S/C25H32N4O3/c1-17-22-20(32-24(17)25(31)28-13-5-6-14-28)10-9-19-15-29(27-23(19)22)16-21(30)26-12-11-18-7-3-2-4-8-18/h7,15H,2-6,8-14,16H2,1H3,(H,26,30). The molecule has 3 heterocycles. The molecule has 3 aliphatic rings. The molecule has 1 fully saturated rings. The van der Waals surface area contributed by atoms with Crippen LogP contribution in [0.1, 0.15) is 72.4 Å². The number of hydrogen-bond acceptors (Lipinski definition) is 4. The second-order valence-corrected chi connectivity index (χ2v) is 9.26. The molecule has 2 aliphatic carbocycles. The summed E-state index contributed by atoms with van der Waals surface area (Å²) >= 11 is 0. The van der Waals surface area contributed by atoms with E-state index in [4.69, 9.17) is 9.52 Å². The van der Waals surface area contributed by atoms with Crippen LogP contribution in [0.15, 0.2) is 22.3 Å². The van der Waals surface area contributed by atoms with Gasteiger partial charge in [-0.05, 0) is 63.9 Å². The quantitative estimate of drug-likeness (QED) is 0.699. The molecule has 0 atom stereocenters. The molecule has 5 rings (SSSR count). The Bertz CT molecular complexity index is 1060. The van der Waals surface area contributed by atoms with E-state index in [-0.39, 0.29) is 18.4 Å². The first-order chi connectivity index (χ1) is 15.6. The van der Waals surface area contributed by atoms with Crippen molar-refractivity contribution in [3.8, 4) is 11.3 Å². The summed E-state index contributed by atoms with van der Waals surface area (Å²) in [4.78, 5) is 27.3. The van der Waals surface area contributed by atoms with Crippen LogP contribution in [0.3, 0.4) is 0 Å². The largest absolute Gasteiger partial charge is 0.455 e. The minimum Gasteiger partial charge on any atom is -0.455 e. The second-order valence-electron chi connectivity index (χ2n) is 9.26. The van der Waals surface area contributed by atoms with E-state index in [1.807, 2.05) is 18.0 Å². The topological polar surface area (TPSA) is 80.4 Å². The number of carbonyl (C=O) groups is 2. The maximum absolute atomic E-state index is 12.9. The molecule has 2 aromatic heterocycles. The van der Waals surface area contributed by atoms with E-state index in [0.29, 0.717) is 12.3 Å². The lowest BCUT2D eigenvalue weighted by atomic mass is 9.93. The van der Waals surface area contributed by atoms with Crippen LogP contribution in [0.25, 0.3) is 11.3 Å². The Morgan fingerprint density at radius 1 is 1.12 bits per heavy atom. The number of amides is 2. The Labute approximate surface area is 188 Å². The summed E-state index contributed by atoms with van der Waals surface area (Å²) in [6, 6.07) is 0. The number of fused-ring (bicyclic) bond motifs is 3. The fourth-order valence-corrected chi connectivity index (χ4v) is 5.21. The summed E-state index contributed by atoms with van der Waals surface area (Å²) in [5.74, 6) is 1.26. The molecule has 0 bridgehead atoms. The van der Waals surface area contributed by atoms with Crippen molar-refractivity contribution in [2.75, 3.05) is 19.6 Å². The van der Waals surface area contributed by atoms with Crippen molar-refractivity contribution in [1.29, 1.82) is 0 Å². The zero-order valence-electron chi connectivity index (χ0n) is 18.9. The van der Waals surface area contributed by atoms with E-state index in [0.717, 1.165) is 79.8 Å². The normalized spacial score (nSPS) is 17.7. The molecule has 2 amide bonds. The van der Waals surface area contributed by atoms with Crippen molar-refractivity contribution in [2.45, 2.75) is 71.3 Å². The number of nitrogens with zero attached hydrogens (tertiary/aromatic N) is 3. The Morgan fingerprint density at radius 3 is 2.75 bits per heavy atom. The molecule has 7 nitrogen and oxygen atoms in total. The van der Waals surface area contributed by atoms with Crippen LogP contribution in [-0.2, 0) is 24.2 Å². The van der Waals surface area contributed by atoms with E-state index in [9.17, 15) is 9.59 Å². The van der Waals surface area contributed by atoms with Gasteiger partial charge in [-0.15, -0.1) is 0 Å². The number of allylic oxidation sites excluding steroid dienone is 1. The average molecular weight is 437 g/mol. The molecule has 0 saturated carbocycles. The van der Waals surface area contributed by atoms with Gasteiger partial charge in [-0.3, -0.25) is 14.3 Å². The monoisotopic (exact) mass is 436 g/mol. The van der Waals surface area contributed by atoms with E-state index < -0.39 is 0 Å². The van der Waals surface area contributed by atoms with Crippen LogP contribution in [-0.4, -0.2) is 46.1 Å². The molecule has 0 unspecified atom stereocenters. The number of nitrogens with one attached hydrogen (secondary N) is 1. The molecule has 1 N–H and O–H groups in total. The SMILES string of the molecule is Cc1c(C(=O)N2CCCC2)oc2c1-c1nn(CC(=O)NCCC3=CCCCC3)cc1CC2. The molecule has 1 aliphatic heterocycles. The van der Waals surface area contributed by atoms with Crippen molar-refractivity contribution in [3.05, 3.63) is 40.5 Å². The third-order valence-electron chi connectivity index (χ3n) is 6.96. The molecular weight excluding hydrogens is 404 g/mol. The third-order valence-corrected chi connectivity index (χ3v) is 6.96. The van der Waals surface area contributed by atoms with Crippen LogP contribution in [0.4, 0.5) is 0 Å². The Balaban J connectivity index is 1.26. The van der Waals surface area contributed by atoms with Crippen molar-refractivity contribution < 1.29 is 14.0 Å². The van der Waals surface area contributed by atoms with Crippen LogP contribution >= 0.6 is 0 Å². The summed E-state index contributed by atoms with van der Waals surface area (Å²) in [5.41, 5.74) is 5.24. The molecular formula is C25H32N4O3. The molecule has 0 spiro atoms. The predicted octanol–water partition coefficient (Wildman–Crippen LogP) is 3.79. The van der Waals surface area contributed by atoms with E-state index in [1.165, 1.54) is 24.8 Å². The smallest absolute Gasteiger partial charge is 0.289 e. The van der Waals surface area contributed by atoms with Gasteiger partial charge in [0, 0.05) is 43.4 Å². The molecule has 32 heavy (non-hydrogen) atoms. The summed E-state index contributed by atoms with van der Waals surface area (Å²) < 4.78 is 7.77. The van der Waals surface area contributed by atoms with Gasteiger partial charge in [0.25, 0.3) is 5.91 Å². The molecule has 0 radical (unpaired) electrons. The number of hydrogen-bond donors (Lipinski definition) is 1. The van der Waals surface area contributed by atoms with E-state index >= 15 is 0 Å². The maximum Gasteiger partial charge on any atom is 0.289 e. The Morgan fingerprint density at radius 2 is 1.97 bits per heavy atom. The van der Waals surface area contributed by atoms with Gasteiger partial charge in [-0.1, -0.05) is 11.6 Å². The molecule has 0 aromatic carbocycles. The van der Waals surface area contributed by atoms with Crippen LogP contribution < -0.4 is 5.32 Å². The zero-order chi connectivity index (χ0) is 22.1. The van der Waals surface area contributed by atoms with Gasteiger partial charge >= 0.3 is 0 Å². The molecule has 7 heteroatoms. The molecule has 170 valence electrons. The first kappa shape index (κ1) is 21.0. The lowest BCUT2D eigenvalue weighted by Crippen LogP contribution is -2.29. The van der Waals surface area contributed by atoms with E-state index in [1.54, 1.807) is 4.68 Å². The Kier molecular flexibility index (Phi) is 5.89. The van der Waals surface area contributed by atoms with Gasteiger partial charge in [0.2, 0.25) is 5.91 Å². The van der Waals surface area contributed by atoms with Gasteiger partial charge in [0.15, 0.2) is 5.76 Å². The third kappa shape index (κ3) is 4.12. The van der Waals surface area contributed by atoms with Gasteiger partial charge < -0.3 is 14.6 Å².